The summed E-state index contributed by atoms with van der Waals surface area (Å²) in [6, 6.07) is 14.4. The molecule has 0 unspecified atom stereocenters. The lowest BCUT2D eigenvalue weighted by atomic mass is 10.1. The number of H-pyrrole nitrogens is 1. The van der Waals surface area contributed by atoms with E-state index in [9.17, 15) is 4.79 Å². The normalized spacial score (nSPS) is 18.5. The molecule has 1 fully saturated rings. The van der Waals surface area contributed by atoms with Crippen molar-refractivity contribution in [2.75, 3.05) is 24.0 Å². The summed E-state index contributed by atoms with van der Waals surface area (Å²) in [5, 5.41) is 4.16. The predicted octanol–water partition coefficient (Wildman–Crippen LogP) is 4.19. The molecule has 4 rings (SSSR count). The Morgan fingerprint density at radius 1 is 1.12 bits per heavy atom. The number of pyridine rings is 1. The second kappa shape index (κ2) is 6.80. The van der Waals surface area contributed by atoms with E-state index in [4.69, 9.17) is 0 Å². The van der Waals surface area contributed by atoms with Gasteiger partial charge in [-0.1, -0.05) is 30.3 Å². The zero-order valence-corrected chi connectivity index (χ0v) is 16.1. The van der Waals surface area contributed by atoms with Gasteiger partial charge in [0, 0.05) is 23.2 Å². The van der Waals surface area contributed by atoms with Crippen molar-refractivity contribution in [1.29, 1.82) is 0 Å². The molecule has 0 spiro atoms. The van der Waals surface area contributed by atoms with Gasteiger partial charge in [0.15, 0.2) is 0 Å². The average molecular weight is 368 g/mol. The minimum absolute atomic E-state index is 0.0241. The minimum atomic E-state index is -0.437. The SMILES string of the molecule is CS1(C)CCC(NC(=O)c2cc3cc(-c4ccccc4)cnc3[nH]2)CC1. The van der Waals surface area contributed by atoms with E-state index in [1.807, 2.05) is 30.5 Å². The topological polar surface area (TPSA) is 57.8 Å². The molecular formula is C21H25N3OS. The highest BCUT2D eigenvalue weighted by Crippen LogP contribution is 2.44. The van der Waals surface area contributed by atoms with Crippen molar-refractivity contribution in [2.45, 2.75) is 18.9 Å². The fourth-order valence-corrected chi connectivity index (χ4v) is 5.55. The van der Waals surface area contributed by atoms with Crippen LogP contribution in [0.2, 0.25) is 0 Å². The van der Waals surface area contributed by atoms with Crippen LogP contribution in [0, 0.1) is 0 Å². The number of nitrogens with one attached hydrogen (secondary N) is 2. The molecule has 3 aromatic rings. The van der Waals surface area contributed by atoms with Crippen molar-refractivity contribution in [3.05, 3.63) is 54.4 Å². The van der Waals surface area contributed by atoms with E-state index in [-0.39, 0.29) is 5.91 Å². The number of benzene rings is 1. The Morgan fingerprint density at radius 2 is 1.85 bits per heavy atom. The van der Waals surface area contributed by atoms with E-state index < -0.39 is 10.0 Å². The largest absolute Gasteiger partial charge is 0.348 e. The molecule has 0 atom stereocenters. The molecule has 1 aliphatic rings. The third-order valence-corrected chi connectivity index (χ3v) is 7.88. The molecule has 2 N–H and O–H groups in total. The number of rotatable bonds is 3. The van der Waals surface area contributed by atoms with Crippen LogP contribution in [-0.2, 0) is 0 Å². The summed E-state index contributed by atoms with van der Waals surface area (Å²) in [4.78, 5) is 20.3. The highest BCUT2D eigenvalue weighted by molar-refractivity contribution is 8.32. The average Bonchev–Trinajstić information content (AvgIpc) is 3.07. The van der Waals surface area contributed by atoms with E-state index >= 15 is 0 Å². The summed E-state index contributed by atoms with van der Waals surface area (Å²) in [6.07, 6.45) is 8.80. The van der Waals surface area contributed by atoms with Crippen LogP contribution in [0.1, 0.15) is 23.3 Å². The quantitative estimate of drug-likeness (QED) is 0.729. The monoisotopic (exact) mass is 367 g/mol. The zero-order chi connectivity index (χ0) is 18.1. The molecule has 0 radical (unpaired) electrons. The standard InChI is InChI=1S/C21H25N3OS/c1-26(2)10-8-18(9-11-26)23-21(25)19-13-16-12-17(14-22-20(16)24-19)15-6-4-3-5-7-15/h3-7,12-14,18H,8-11H2,1-2H3,(H,22,24)(H,23,25). The van der Waals surface area contributed by atoms with Gasteiger partial charge >= 0.3 is 0 Å². The minimum Gasteiger partial charge on any atom is -0.348 e. The van der Waals surface area contributed by atoms with Crippen LogP contribution >= 0.6 is 10.0 Å². The van der Waals surface area contributed by atoms with Crippen LogP contribution in [0.4, 0.5) is 0 Å². The molecule has 3 heterocycles. The molecule has 26 heavy (non-hydrogen) atoms. The number of carbonyl (C=O) groups is 1. The van der Waals surface area contributed by atoms with Crippen LogP contribution in [0.5, 0.6) is 0 Å². The molecular weight excluding hydrogens is 342 g/mol. The Kier molecular flexibility index (Phi) is 4.49. The molecule has 1 amide bonds. The smallest absolute Gasteiger partial charge is 0.267 e. The molecule has 0 aliphatic carbocycles. The lowest BCUT2D eigenvalue weighted by molar-refractivity contribution is 0.0930. The van der Waals surface area contributed by atoms with Gasteiger partial charge in [0.1, 0.15) is 11.3 Å². The molecule has 136 valence electrons. The number of fused-ring (bicyclic) bond motifs is 1. The summed E-state index contributed by atoms with van der Waals surface area (Å²) >= 11 is 0. The van der Waals surface area contributed by atoms with Crippen molar-refractivity contribution < 1.29 is 4.79 Å². The molecule has 4 nitrogen and oxygen atoms in total. The van der Waals surface area contributed by atoms with Crippen LogP contribution in [-0.4, -0.2) is 45.9 Å². The number of amides is 1. The first kappa shape index (κ1) is 17.2. The number of nitrogens with zero attached hydrogens (tertiary/aromatic N) is 1. The fraction of sp³-hybridized carbons (Fsp3) is 0.333. The van der Waals surface area contributed by atoms with Crippen molar-refractivity contribution >= 4 is 27.0 Å². The van der Waals surface area contributed by atoms with Gasteiger partial charge < -0.3 is 10.3 Å². The van der Waals surface area contributed by atoms with Gasteiger partial charge in [-0.3, -0.25) is 4.79 Å². The van der Waals surface area contributed by atoms with Gasteiger partial charge in [-0.2, -0.15) is 0 Å². The Morgan fingerprint density at radius 3 is 2.58 bits per heavy atom. The first-order valence-corrected chi connectivity index (χ1v) is 11.8. The molecule has 0 bridgehead atoms. The van der Waals surface area contributed by atoms with E-state index in [1.54, 1.807) is 0 Å². The fourth-order valence-electron chi connectivity index (χ4n) is 3.50. The van der Waals surface area contributed by atoms with Gasteiger partial charge in [-0.15, -0.1) is 0 Å². The van der Waals surface area contributed by atoms with Gasteiger partial charge in [-0.25, -0.2) is 15.0 Å². The maximum absolute atomic E-state index is 12.6. The maximum Gasteiger partial charge on any atom is 0.267 e. The van der Waals surface area contributed by atoms with Crippen molar-refractivity contribution in [3.8, 4) is 11.1 Å². The Bertz CT molecular complexity index is 923. The maximum atomic E-state index is 12.6. The lowest BCUT2D eigenvalue weighted by Gasteiger charge is -2.39. The van der Waals surface area contributed by atoms with E-state index in [0.29, 0.717) is 11.7 Å². The first-order chi connectivity index (χ1) is 12.5. The van der Waals surface area contributed by atoms with Gasteiger partial charge in [-0.05, 0) is 54.6 Å². The molecule has 2 aromatic heterocycles. The van der Waals surface area contributed by atoms with E-state index in [2.05, 4.69) is 46.0 Å². The third kappa shape index (κ3) is 3.63. The Hall–Kier alpha value is -2.27. The second-order valence-electron chi connectivity index (χ2n) is 7.63. The highest BCUT2D eigenvalue weighted by atomic mass is 32.3. The number of aromatic amines is 1. The van der Waals surface area contributed by atoms with E-state index in [1.165, 1.54) is 11.5 Å². The number of carbonyl (C=O) groups excluding carboxylic acids is 1. The lowest BCUT2D eigenvalue weighted by Crippen LogP contribution is -2.39. The molecule has 1 aromatic carbocycles. The zero-order valence-electron chi connectivity index (χ0n) is 15.3. The second-order valence-corrected chi connectivity index (χ2v) is 12.0. The summed E-state index contributed by atoms with van der Waals surface area (Å²) in [7, 11) is -0.437. The van der Waals surface area contributed by atoms with Crippen LogP contribution in [0.25, 0.3) is 22.2 Å². The number of hydrogen-bond acceptors (Lipinski definition) is 2. The van der Waals surface area contributed by atoms with Crippen LogP contribution in [0.15, 0.2) is 48.7 Å². The predicted molar refractivity (Wildman–Crippen MR) is 111 cm³/mol. The highest BCUT2D eigenvalue weighted by Gasteiger charge is 2.25. The summed E-state index contributed by atoms with van der Waals surface area (Å²) < 4.78 is 0. The van der Waals surface area contributed by atoms with Crippen molar-refractivity contribution in [2.24, 2.45) is 0 Å². The molecule has 0 saturated carbocycles. The summed E-state index contributed by atoms with van der Waals surface area (Å²) in [6.45, 7) is 0. The molecule has 1 saturated heterocycles. The Labute approximate surface area is 155 Å². The van der Waals surface area contributed by atoms with Crippen molar-refractivity contribution in [3.63, 3.8) is 0 Å². The van der Waals surface area contributed by atoms with Gasteiger partial charge in [0.2, 0.25) is 0 Å². The summed E-state index contributed by atoms with van der Waals surface area (Å²) in [5.41, 5.74) is 3.53. The van der Waals surface area contributed by atoms with E-state index in [0.717, 1.165) is 35.0 Å². The third-order valence-electron chi connectivity index (χ3n) is 5.19. The Balaban J connectivity index is 1.51. The first-order valence-electron chi connectivity index (χ1n) is 9.04. The van der Waals surface area contributed by atoms with Crippen LogP contribution in [0.3, 0.4) is 0 Å². The molecule has 1 aliphatic heterocycles. The van der Waals surface area contributed by atoms with Gasteiger partial charge in [0.05, 0.1) is 0 Å². The van der Waals surface area contributed by atoms with Crippen molar-refractivity contribution in [1.82, 2.24) is 15.3 Å². The molecule has 5 heteroatoms. The van der Waals surface area contributed by atoms with Gasteiger partial charge in [0.25, 0.3) is 5.91 Å². The van der Waals surface area contributed by atoms with Crippen LogP contribution < -0.4 is 5.32 Å². The number of hydrogen-bond donors (Lipinski definition) is 2. The number of aromatic nitrogens is 2. The summed E-state index contributed by atoms with van der Waals surface area (Å²) in [5.74, 6) is 2.46.